The van der Waals surface area contributed by atoms with Crippen molar-refractivity contribution in [2.75, 3.05) is 5.32 Å². The number of hydrogen-bond donors (Lipinski definition) is 2. The molecule has 2 aromatic heterocycles. The molecule has 2 heterocycles. The van der Waals surface area contributed by atoms with Gasteiger partial charge in [0.25, 0.3) is 0 Å². The predicted molar refractivity (Wildman–Crippen MR) is 115 cm³/mol. The molecule has 2 aromatic carbocycles. The molecule has 0 aliphatic heterocycles. The number of nitrogens with two attached hydrogens (primary N) is 1. The molecule has 0 atom stereocenters. The lowest BCUT2D eigenvalue weighted by molar-refractivity contribution is 0.100. The number of fused-ring (bicyclic) bond motifs is 1. The van der Waals surface area contributed by atoms with Crippen LogP contribution in [0.3, 0.4) is 0 Å². The number of aryl methyl sites for hydroxylation is 2. The Hall–Kier alpha value is -3.67. The van der Waals surface area contributed by atoms with Crippen LogP contribution in [0.15, 0.2) is 73.1 Å². The van der Waals surface area contributed by atoms with E-state index in [4.69, 9.17) is 5.73 Å². The molecule has 0 radical (unpaired) electrons. The maximum Gasteiger partial charge on any atom is 0.249 e. The first kappa shape index (κ1) is 18.7. The molecule has 0 saturated carbocycles. The second kappa shape index (κ2) is 8.56. The van der Waals surface area contributed by atoms with Gasteiger partial charge >= 0.3 is 0 Å². The molecule has 0 aliphatic rings. The van der Waals surface area contributed by atoms with E-state index in [1.54, 1.807) is 6.07 Å². The lowest BCUT2D eigenvalue weighted by Crippen LogP contribution is -2.14. The average Bonchev–Trinajstić information content (AvgIpc) is 3.19. The van der Waals surface area contributed by atoms with E-state index in [2.05, 4.69) is 44.1 Å². The molecule has 1 amide bonds. The summed E-state index contributed by atoms with van der Waals surface area (Å²) in [6.07, 6.45) is 5.86. The minimum absolute atomic E-state index is 0.462. The summed E-state index contributed by atoms with van der Waals surface area (Å²) < 4.78 is 2.14. The Morgan fingerprint density at radius 1 is 1.07 bits per heavy atom. The van der Waals surface area contributed by atoms with Gasteiger partial charge in [-0.05, 0) is 30.5 Å². The number of para-hydroxylation sites is 1. The number of anilines is 1. The summed E-state index contributed by atoms with van der Waals surface area (Å²) in [5, 5.41) is 4.04. The van der Waals surface area contributed by atoms with E-state index < -0.39 is 5.91 Å². The highest BCUT2D eigenvalue weighted by atomic mass is 16.1. The zero-order chi connectivity index (χ0) is 20.1. The molecule has 0 unspecified atom stereocenters. The molecule has 4 rings (SSSR count). The number of hydrogen-bond acceptors (Lipinski definition) is 4. The molecule has 0 saturated heterocycles. The van der Waals surface area contributed by atoms with Gasteiger partial charge in [0.05, 0.1) is 17.6 Å². The van der Waals surface area contributed by atoms with Crippen molar-refractivity contribution in [2.24, 2.45) is 5.73 Å². The van der Waals surface area contributed by atoms with Gasteiger partial charge < -0.3 is 15.6 Å². The normalized spacial score (nSPS) is 10.9. The Bertz CT molecular complexity index is 1120. The van der Waals surface area contributed by atoms with Crippen molar-refractivity contribution in [1.29, 1.82) is 0 Å². The molecule has 3 N–H and O–H groups in total. The summed E-state index contributed by atoms with van der Waals surface area (Å²) in [6.45, 7) is 1.41. The highest BCUT2D eigenvalue weighted by Crippen LogP contribution is 2.20. The van der Waals surface area contributed by atoms with Crippen molar-refractivity contribution >= 4 is 22.6 Å². The van der Waals surface area contributed by atoms with Crippen LogP contribution in [0, 0.1) is 0 Å². The largest absolute Gasteiger partial charge is 0.366 e. The van der Waals surface area contributed by atoms with Gasteiger partial charge in [0.15, 0.2) is 0 Å². The molecular formula is C23H23N5O. The van der Waals surface area contributed by atoms with Crippen molar-refractivity contribution in [3.63, 3.8) is 0 Å². The van der Waals surface area contributed by atoms with Crippen LogP contribution in [-0.2, 0) is 19.5 Å². The third-order valence-corrected chi connectivity index (χ3v) is 4.92. The van der Waals surface area contributed by atoms with Crippen LogP contribution in [0.2, 0.25) is 0 Å². The molecule has 4 aromatic rings. The van der Waals surface area contributed by atoms with E-state index in [-0.39, 0.29) is 0 Å². The van der Waals surface area contributed by atoms with Crippen molar-refractivity contribution in [2.45, 2.75) is 25.9 Å². The first-order valence-corrected chi connectivity index (χ1v) is 9.68. The maximum absolute atomic E-state index is 11.8. The van der Waals surface area contributed by atoms with Crippen LogP contribution in [0.5, 0.6) is 0 Å². The Labute approximate surface area is 169 Å². The molecule has 0 aliphatic carbocycles. The van der Waals surface area contributed by atoms with E-state index in [0.29, 0.717) is 17.9 Å². The Balaban J connectivity index is 1.43. The maximum atomic E-state index is 11.8. The van der Waals surface area contributed by atoms with Crippen LogP contribution >= 0.6 is 0 Å². The van der Waals surface area contributed by atoms with Crippen molar-refractivity contribution in [1.82, 2.24) is 14.5 Å². The van der Waals surface area contributed by atoms with E-state index in [0.717, 1.165) is 36.1 Å². The Morgan fingerprint density at radius 2 is 1.86 bits per heavy atom. The summed E-state index contributed by atoms with van der Waals surface area (Å²) >= 11 is 0. The third-order valence-electron chi connectivity index (χ3n) is 4.92. The minimum Gasteiger partial charge on any atom is -0.366 e. The molecule has 0 spiro atoms. The van der Waals surface area contributed by atoms with E-state index in [1.807, 2.05) is 42.7 Å². The van der Waals surface area contributed by atoms with Gasteiger partial charge in [0.2, 0.25) is 5.91 Å². The summed E-state index contributed by atoms with van der Waals surface area (Å²) in [5.41, 5.74) is 8.09. The van der Waals surface area contributed by atoms with Crippen LogP contribution in [0.25, 0.3) is 10.9 Å². The number of benzene rings is 2. The minimum atomic E-state index is -0.464. The fraction of sp³-hybridized carbons (Fsp3) is 0.174. The zero-order valence-electron chi connectivity index (χ0n) is 16.1. The number of imidazole rings is 1. The molecule has 0 bridgehead atoms. The first-order valence-electron chi connectivity index (χ1n) is 9.68. The molecule has 6 nitrogen and oxygen atoms in total. The fourth-order valence-corrected chi connectivity index (χ4v) is 3.45. The Kier molecular flexibility index (Phi) is 5.52. The van der Waals surface area contributed by atoms with Gasteiger partial charge in [0.1, 0.15) is 11.6 Å². The number of nitrogens with zero attached hydrogens (tertiary/aromatic N) is 3. The monoisotopic (exact) mass is 385 g/mol. The van der Waals surface area contributed by atoms with E-state index in [9.17, 15) is 4.79 Å². The topological polar surface area (TPSA) is 85.8 Å². The van der Waals surface area contributed by atoms with E-state index >= 15 is 0 Å². The van der Waals surface area contributed by atoms with Crippen LogP contribution in [0.4, 0.5) is 5.82 Å². The van der Waals surface area contributed by atoms with Crippen molar-refractivity contribution in [3.05, 3.63) is 90.0 Å². The quantitative estimate of drug-likeness (QED) is 0.483. The smallest absolute Gasteiger partial charge is 0.249 e. The number of carbonyl (C=O) groups is 1. The van der Waals surface area contributed by atoms with Gasteiger partial charge in [-0.1, -0.05) is 48.5 Å². The first-order chi connectivity index (χ1) is 14.2. The van der Waals surface area contributed by atoms with Crippen molar-refractivity contribution < 1.29 is 4.79 Å². The molecule has 0 fully saturated rings. The summed E-state index contributed by atoms with van der Waals surface area (Å²) in [5.74, 6) is 1.07. The number of pyridine rings is 1. The van der Waals surface area contributed by atoms with Gasteiger partial charge in [0, 0.05) is 24.3 Å². The SMILES string of the molecule is NC(=O)c1cc(NCc2nccn2CCCc2ccccc2)nc2ccccc12. The average molecular weight is 385 g/mol. The van der Waals surface area contributed by atoms with Gasteiger partial charge in [-0.15, -0.1) is 0 Å². The fourth-order valence-electron chi connectivity index (χ4n) is 3.45. The van der Waals surface area contributed by atoms with Gasteiger partial charge in [-0.25, -0.2) is 9.97 Å². The number of nitrogens with one attached hydrogen (secondary N) is 1. The van der Waals surface area contributed by atoms with Crippen LogP contribution < -0.4 is 11.1 Å². The lowest BCUT2D eigenvalue weighted by Gasteiger charge is -2.11. The summed E-state index contributed by atoms with van der Waals surface area (Å²) in [7, 11) is 0. The number of amides is 1. The standard InChI is InChI=1S/C23H23N5O/c24-23(29)19-15-21(27-20-11-5-4-10-18(19)20)26-16-22-25-12-14-28(22)13-6-9-17-7-2-1-3-8-17/h1-5,7-8,10-12,14-15H,6,9,13,16H2,(H2,24,29)(H,26,27). The van der Waals surface area contributed by atoms with Gasteiger partial charge in [-0.3, -0.25) is 4.79 Å². The highest BCUT2D eigenvalue weighted by molar-refractivity contribution is 6.06. The Morgan fingerprint density at radius 3 is 2.69 bits per heavy atom. The highest BCUT2D eigenvalue weighted by Gasteiger charge is 2.11. The zero-order valence-corrected chi connectivity index (χ0v) is 16.1. The van der Waals surface area contributed by atoms with Crippen LogP contribution in [0.1, 0.15) is 28.2 Å². The summed E-state index contributed by atoms with van der Waals surface area (Å²) in [4.78, 5) is 20.9. The second-order valence-corrected chi connectivity index (χ2v) is 6.92. The van der Waals surface area contributed by atoms with Crippen LogP contribution in [-0.4, -0.2) is 20.4 Å². The van der Waals surface area contributed by atoms with Crippen molar-refractivity contribution in [3.8, 4) is 0 Å². The van der Waals surface area contributed by atoms with Gasteiger partial charge in [-0.2, -0.15) is 0 Å². The summed E-state index contributed by atoms with van der Waals surface area (Å²) in [6, 6.07) is 19.7. The molecular weight excluding hydrogens is 362 g/mol. The molecule has 6 heteroatoms. The molecule has 29 heavy (non-hydrogen) atoms. The number of rotatable bonds is 8. The lowest BCUT2D eigenvalue weighted by atomic mass is 10.1. The number of aromatic nitrogens is 3. The van der Waals surface area contributed by atoms with E-state index in [1.165, 1.54) is 5.56 Å². The number of carbonyl (C=O) groups excluding carboxylic acids is 1. The second-order valence-electron chi connectivity index (χ2n) is 6.92. The third kappa shape index (κ3) is 4.43. The number of primary amides is 1. The molecule has 146 valence electrons. The predicted octanol–water partition coefficient (Wildman–Crippen LogP) is 3.78.